The smallest absolute Gasteiger partial charge is 0.315 e. The molecule has 0 bridgehead atoms. The normalized spacial score (nSPS) is 18.1. The second kappa shape index (κ2) is 65.1. The summed E-state index contributed by atoms with van der Waals surface area (Å²) in [5.41, 5.74) is 22.5. The summed E-state index contributed by atoms with van der Waals surface area (Å²) in [4.78, 5) is 254. The largest absolute Gasteiger partial charge is 0.481 e. The topological polar surface area (TPSA) is 691 Å². The zero-order valence-electron chi connectivity index (χ0n) is 77.8. The number of aliphatic hydroxyl groups is 3. The highest BCUT2D eigenvalue weighted by atomic mass is 16.6. The lowest BCUT2D eigenvalue weighted by Crippen LogP contribution is -2.61. The fourth-order valence-electron chi connectivity index (χ4n) is 15.4. The Kier molecular flexibility index (Phi) is 57.4. The Labute approximate surface area is 771 Å². The van der Waals surface area contributed by atoms with Crippen LogP contribution < -0.4 is 81.4 Å². The average Bonchev–Trinajstić information content (AvgIpc) is 1.66. The number of Topliss-reactive ketones (excluding diaryl/α,β-unsaturated/α-hetero) is 5. The third-order valence-electron chi connectivity index (χ3n) is 23.3. The molecule has 3 fully saturated rings. The van der Waals surface area contributed by atoms with Crippen LogP contribution in [0.4, 0.5) is 4.79 Å². The van der Waals surface area contributed by atoms with E-state index in [1.807, 2.05) is 6.92 Å². The van der Waals surface area contributed by atoms with E-state index in [9.17, 15) is 112 Å². The molecule has 3 rings (SSSR count). The Morgan fingerprint density at radius 1 is 0.455 bits per heavy atom. The first kappa shape index (κ1) is 116. The zero-order chi connectivity index (χ0) is 98.4. The number of nitrogens with zero attached hydrogens (tertiary/aromatic N) is 1. The van der Waals surface area contributed by atoms with Crippen LogP contribution in [-0.2, 0) is 110 Å². The molecule has 23 N–H and O–H groups in total. The molecule has 14 amide bonds. The van der Waals surface area contributed by atoms with Gasteiger partial charge in [-0.1, -0.05) is 67.2 Å². The number of nitrogens with two attached hydrogens (primary N) is 4. The molecule has 44 heteroatoms. The van der Waals surface area contributed by atoms with E-state index in [0.29, 0.717) is 96.9 Å². The van der Waals surface area contributed by atoms with Gasteiger partial charge in [0.05, 0.1) is 128 Å². The Morgan fingerprint density at radius 2 is 0.977 bits per heavy atom. The van der Waals surface area contributed by atoms with Crippen LogP contribution in [0.5, 0.6) is 0 Å². The number of urea groups is 1. The lowest BCUT2D eigenvalue weighted by Gasteiger charge is -2.31. The van der Waals surface area contributed by atoms with Gasteiger partial charge in [-0.2, -0.15) is 0 Å². The summed E-state index contributed by atoms with van der Waals surface area (Å²) in [5, 5.41) is 69.6. The van der Waals surface area contributed by atoms with E-state index >= 15 is 0 Å². The van der Waals surface area contributed by atoms with Gasteiger partial charge in [0, 0.05) is 94.5 Å². The van der Waals surface area contributed by atoms with E-state index in [4.69, 9.17) is 46.6 Å². The van der Waals surface area contributed by atoms with Crippen molar-refractivity contribution in [2.45, 2.75) is 301 Å². The van der Waals surface area contributed by atoms with Crippen molar-refractivity contribution >= 4 is 112 Å². The predicted molar refractivity (Wildman–Crippen MR) is 477 cm³/mol. The second-order valence-corrected chi connectivity index (χ2v) is 34.6. The summed E-state index contributed by atoms with van der Waals surface area (Å²) < 4.78 is 27.5. The number of unbranched alkanes of at least 4 members (excludes halogenated alkanes) is 5. The molecule has 2 aliphatic heterocycles. The van der Waals surface area contributed by atoms with Crippen LogP contribution in [0.2, 0.25) is 0 Å². The molecule has 44 nitrogen and oxygen atoms in total. The summed E-state index contributed by atoms with van der Waals surface area (Å²) >= 11 is 0. The van der Waals surface area contributed by atoms with Crippen LogP contribution in [-0.4, -0.2) is 315 Å². The summed E-state index contributed by atoms with van der Waals surface area (Å²) in [6.07, 6.45) is 2.00. The average molecular weight is 1880 g/mol. The third-order valence-corrected chi connectivity index (χ3v) is 23.3. The lowest BCUT2D eigenvalue weighted by molar-refractivity contribution is -0.143. The molecule has 2 saturated heterocycles. The Morgan fingerprint density at radius 3 is 1.54 bits per heavy atom. The number of amides is 14. The van der Waals surface area contributed by atoms with Crippen molar-refractivity contribution in [1.82, 2.24) is 63.4 Å². The summed E-state index contributed by atoms with van der Waals surface area (Å²) in [5.74, 6) is -18.8. The number of ketones is 5. The minimum Gasteiger partial charge on any atom is -0.481 e. The molecular formula is C88H150N16O28. The number of ether oxygens (including phenoxy) is 5. The molecule has 132 heavy (non-hydrogen) atoms. The van der Waals surface area contributed by atoms with Gasteiger partial charge < -0.3 is 130 Å². The highest BCUT2D eigenvalue weighted by molar-refractivity contribution is 6.01. The fourth-order valence-corrected chi connectivity index (χ4v) is 15.4. The number of carbonyl (C=O) groups excluding carboxylic acids is 18. The summed E-state index contributed by atoms with van der Waals surface area (Å²) in [7, 11) is 0. The Bertz CT molecular complexity index is 3710. The molecule has 0 spiro atoms. The molecule has 1 unspecified atom stereocenters. The molecule has 2 heterocycles. The van der Waals surface area contributed by atoms with Gasteiger partial charge in [-0.3, -0.25) is 86.3 Å². The highest BCUT2D eigenvalue weighted by Crippen LogP contribution is 2.33. The van der Waals surface area contributed by atoms with Gasteiger partial charge in [-0.25, -0.2) is 4.79 Å². The molecule has 0 aromatic carbocycles. The number of carboxylic acids is 1. The number of aliphatic carboxylic acids is 1. The Balaban J connectivity index is 1.56. The number of hydrogen-bond acceptors (Lipinski definition) is 29. The van der Waals surface area contributed by atoms with Crippen LogP contribution >= 0.6 is 0 Å². The van der Waals surface area contributed by atoms with Crippen molar-refractivity contribution in [3.05, 3.63) is 0 Å². The van der Waals surface area contributed by atoms with Gasteiger partial charge in [0.15, 0.2) is 28.9 Å². The summed E-state index contributed by atoms with van der Waals surface area (Å²) in [6, 6.07) is -12.9. The van der Waals surface area contributed by atoms with Crippen molar-refractivity contribution in [2.24, 2.45) is 58.4 Å². The van der Waals surface area contributed by atoms with E-state index in [2.05, 4.69) is 58.5 Å². The van der Waals surface area contributed by atoms with Gasteiger partial charge in [-0.05, 0) is 122 Å². The number of carboxylic acid groups (broad SMARTS) is 1. The molecule has 17 atom stereocenters. The molecule has 0 aromatic rings. The number of aliphatic hydroxyl groups excluding tert-OH is 3. The number of rotatable bonds is 76. The lowest BCUT2D eigenvalue weighted by atomic mass is 9.90. The first-order valence-electron chi connectivity index (χ1n) is 46.5. The number of likely N-dealkylation sites (tertiary alicyclic amines) is 1. The SMILES string of the molecule is CCCCC[C@H](CC(=O)[C@@H](CCCCN)NC(=O)[C@@H]1CCCN1C(=O)[C@@H](CCC(N)=O)NC(=O)C(NC(=O)[C@@H](CO)NC(=O)CCOCCOCCOCCOCCOCCNC(=O)CCCC[C@@H]1CC[C@H]2NC(=O)N[C@@H]12)[C@H](C)O)C(=O)N[C@H](CCCCN)C(=O)CCC(=O)N[C@H](CC(=O)O)C(=O)C[C@@H](C)C(=O)N[C@H](CO)C(=O)C[C@@H](C)C(=O)N[C@@H](C(=O)C[C@@H](C)C(N)=O)C(C)C. The fraction of sp³-hybridized carbons (Fsp3) is 0.784. The molecule has 0 aromatic heterocycles. The van der Waals surface area contributed by atoms with Gasteiger partial charge in [0.25, 0.3) is 0 Å². The van der Waals surface area contributed by atoms with Crippen LogP contribution in [0.3, 0.4) is 0 Å². The zero-order valence-corrected chi connectivity index (χ0v) is 77.8. The minimum atomic E-state index is -1.84. The Hall–Kier alpha value is -9.67. The maximum atomic E-state index is 14.7. The predicted octanol–water partition coefficient (Wildman–Crippen LogP) is -2.74. The third kappa shape index (κ3) is 45.4. The van der Waals surface area contributed by atoms with Gasteiger partial charge in [0.2, 0.25) is 70.9 Å². The standard InChI is InChI=1S/C88H150N16O28/c1-8-9-10-19-58(83(122)96-59(20-13-15-31-89)67(108)27-29-74(115)94-63(49-76(117)118)68(109)46-54(5)81(120)99-64(50-105)69(110)47-55(6)82(121)101-77(52(2)3)71(112)45-53(4)80(92)119)48-70(111)60(21-14-16-32-90)97-85(124)66-22-17-34-104(66)87(126)62(26-28-72(91)113)98-86(125)78(56(7)107)102-84(123)65(51-106)95-75(116)30-35-128-37-39-130-41-43-132-44-42-131-40-38-129-36-33-93-73(114)23-12-11-18-57-24-25-61-79(57)103-88(127)100-61/h52-66,77-79,105-107H,8-51,89-90H2,1-7H3,(H2,91,113)(H2,92,119)(H,93,114)(H,94,115)(H,95,116)(H,96,122)(H,97,124)(H,98,125)(H,99,120)(H,101,121)(H,102,123)(H,117,118)(H2,100,103,127)/t53-,54-,55-,56+,57-,58-,59-,60-,61-,62-,63-,64-,65-,66+,77-,78?,79+/m1/s1. The van der Waals surface area contributed by atoms with Gasteiger partial charge in [-0.15, -0.1) is 0 Å². The first-order valence-corrected chi connectivity index (χ1v) is 46.5. The van der Waals surface area contributed by atoms with E-state index in [0.717, 1.165) is 43.9 Å². The van der Waals surface area contributed by atoms with Gasteiger partial charge >= 0.3 is 12.0 Å². The number of fused-ring (bicyclic) bond motifs is 1. The van der Waals surface area contributed by atoms with Crippen molar-refractivity contribution in [3.8, 4) is 0 Å². The van der Waals surface area contributed by atoms with E-state index < -0.39 is 255 Å². The monoisotopic (exact) mass is 1880 g/mol. The second-order valence-electron chi connectivity index (χ2n) is 34.6. The molecule has 0 radical (unpaired) electrons. The summed E-state index contributed by atoms with van der Waals surface area (Å²) in [6.45, 7) is 11.6. The van der Waals surface area contributed by atoms with Crippen LogP contribution in [0.1, 0.15) is 228 Å². The number of carbonyl (C=O) groups is 19. The van der Waals surface area contributed by atoms with E-state index in [-0.39, 0.29) is 122 Å². The molecular weight excluding hydrogens is 1730 g/mol. The molecule has 3 aliphatic rings. The van der Waals surface area contributed by atoms with Crippen LogP contribution in [0.15, 0.2) is 0 Å². The van der Waals surface area contributed by atoms with Crippen molar-refractivity contribution in [1.29, 1.82) is 0 Å². The maximum absolute atomic E-state index is 14.7. The maximum Gasteiger partial charge on any atom is 0.315 e. The molecule has 1 saturated carbocycles. The van der Waals surface area contributed by atoms with E-state index in [1.54, 1.807) is 13.8 Å². The van der Waals surface area contributed by atoms with Gasteiger partial charge in [0.1, 0.15) is 30.2 Å². The number of primary amides is 2. The van der Waals surface area contributed by atoms with Crippen molar-refractivity contribution < 1.29 is 135 Å². The minimum absolute atomic E-state index is 0.0263. The number of hydrogen-bond donors (Lipinski definition) is 19. The quantitative estimate of drug-likeness (QED) is 0.0275. The van der Waals surface area contributed by atoms with E-state index in [1.165, 1.54) is 20.8 Å². The van der Waals surface area contributed by atoms with Crippen LogP contribution in [0, 0.1) is 35.5 Å². The first-order chi connectivity index (χ1) is 62.8. The highest BCUT2D eigenvalue weighted by Gasteiger charge is 2.44. The van der Waals surface area contributed by atoms with Crippen molar-refractivity contribution in [3.63, 3.8) is 0 Å². The van der Waals surface area contributed by atoms with Crippen LogP contribution in [0.25, 0.3) is 0 Å². The molecule has 750 valence electrons. The van der Waals surface area contributed by atoms with Crippen molar-refractivity contribution in [2.75, 3.05) is 105 Å². The molecule has 1 aliphatic carbocycles. The number of nitrogens with one attached hydrogen (secondary N) is 11.